The number of rotatable bonds is 6. The van der Waals surface area contributed by atoms with Crippen molar-refractivity contribution in [3.63, 3.8) is 0 Å². The van der Waals surface area contributed by atoms with Gasteiger partial charge in [-0.3, -0.25) is 4.98 Å². The Balaban J connectivity index is 1.86. The number of nitrogens with zero attached hydrogens (tertiary/aromatic N) is 3. The summed E-state index contributed by atoms with van der Waals surface area (Å²) in [6, 6.07) is 31.0. The Kier molecular flexibility index (Phi) is 6.01. The molecule has 0 aliphatic heterocycles. The second kappa shape index (κ2) is 9.26. The van der Waals surface area contributed by atoms with Crippen molar-refractivity contribution in [2.75, 3.05) is 0 Å². The first-order chi connectivity index (χ1) is 16.6. The smallest absolute Gasteiger partial charge is 0.173 e. The first-order valence-corrected chi connectivity index (χ1v) is 11.6. The summed E-state index contributed by atoms with van der Waals surface area (Å²) in [4.78, 5) is 9.30. The molecule has 0 aliphatic carbocycles. The fourth-order valence-corrected chi connectivity index (χ4v) is 4.56. The van der Waals surface area contributed by atoms with Crippen LogP contribution in [0.5, 0.6) is 0 Å². The highest BCUT2D eigenvalue weighted by molar-refractivity contribution is 6.30. The molecule has 0 bridgehead atoms. The van der Waals surface area contributed by atoms with Gasteiger partial charge in [0.1, 0.15) is 0 Å². The molecule has 5 heteroatoms. The van der Waals surface area contributed by atoms with Crippen molar-refractivity contribution in [3.05, 3.63) is 131 Å². The van der Waals surface area contributed by atoms with Crippen molar-refractivity contribution in [1.29, 1.82) is 0 Å². The average Bonchev–Trinajstić information content (AvgIpc) is 3.30. The molecule has 0 saturated carbocycles. The average molecular weight is 466 g/mol. The van der Waals surface area contributed by atoms with Crippen molar-refractivity contribution in [2.45, 2.75) is 19.1 Å². The van der Waals surface area contributed by atoms with E-state index >= 15 is 0 Å². The summed E-state index contributed by atoms with van der Waals surface area (Å²) in [5.41, 5.74) is 3.66. The van der Waals surface area contributed by atoms with Crippen molar-refractivity contribution in [2.24, 2.45) is 0 Å². The molecule has 3 aromatic carbocycles. The maximum Gasteiger partial charge on any atom is 0.173 e. The van der Waals surface area contributed by atoms with Gasteiger partial charge < -0.3 is 9.67 Å². The molecule has 2 aromatic heterocycles. The van der Waals surface area contributed by atoms with Gasteiger partial charge in [-0.05, 0) is 42.3 Å². The quantitative estimate of drug-likeness (QED) is 0.308. The SMILES string of the molecule is CCn1c(C(O)(c2ccccc2)c2ccccc2)nc(-c2ccncc2)c1-c1ccc(Cl)cc1. The standard InChI is InChI=1S/C29H24ClN3O/c1-2-33-27(22-13-15-25(30)16-14-22)26(21-17-19-31-20-18-21)32-28(33)29(34,23-9-5-3-6-10-23)24-11-7-4-8-12-24/h3-20,34H,2H2,1H3. The monoisotopic (exact) mass is 465 g/mol. The summed E-state index contributed by atoms with van der Waals surface area (Å²) in [6.45, 7) is 2.69. The van der Waals surface area contributed by atoms with Crippen LogP contribution in [-0.2, 0) is 12.1 Å². The number of benzene rings is 3. The number of hydrogen-bond donors (Lipinski definition) is 1. The van der Waals surface area contributed by atoms with Crippen molar-refractivity contribution in [3.8, 4) is 22.5 Å². The van der Waals surface area contributed by atoms with Gasteiger partial charge in [0, 0.05) is 35.1 Å². The summed E-state index contributed by atoms with van der Waals surface area (Å²) in [5.74, 6) is 0.559. The summed E-state index contributed by atoms with van der Waals surface area (Å²) >= 11 is 6.20. The van der Waals surface area contributed by atoms with Gasteiger partial charge in [0.15, 0.2) is 11.4 Å². The Labute approximate surface area is 204 Å². The number of imidazole rings is 1. The van der Waals surface area contributed by atoms with Crippen LogP contribution in [0.25, 0.3) is 22.5 Å². The molecule has 1 N–H and O–H groups in total. The van der Waals surface area contributed by atoms with Gasteiger partial charge in [-0.15, -0.1) is 0 Å². The van der Waals surface area contributed by atoms with E-state index in [1.165, 1.54) is 0 Å². The van der Waals surface area contributed by atoms with Crippen LogP contribution in [0.4, 0.5) is 0 Å². The predicted molar refractivity (Wildman–Crippen MR) is 137 cm³/mol. The second-order valence-electron chi connectivity index (χ2n) is 8.06. The van der Waals surface area contributed by atoms with Crippen LogP contribution in [0.1, 0.15) is 23.9 Å². The van der Waals surface area contributed by atoms with Crippen LogP contribution < -0.4 is 0 Å². The molecule has 5 rings (SSSR count). The lowest BCUT2D eigenvalue weighted by Crippen LogP contribution is -2.32. The van der Waals surface area contributed by atoms with E-state index in [4.69, 9.17) is 16.6 Å². The number of hydrogen-bond acceptors (Lipinski definition) is 3. The minimum atomic E-state index is -1.45. The molecule has 0 aliphatic rings. The highest BCUT2D eigenvalue weighted by Crippen LogP contribution is 2.41. The topological polar surface area (TPSA) is 50.9 Å². The van der Waals surface area contributed by atoms with Gasteiger partial charge in [0.05, 0.1) is 11.4 Å². The van der Waals surface area contributed by atoms with Crippen LogP contribution in [0.3, 0.4) is 0 Å². The van der Waals surface area contributed by atoms with Crippen LogP contribution in [0.2, 0.25) is 5.02 Å². The van der Waals surface area contributed by atoms with E-state index in [-0.39, 0.29) is 0 Å². The van der Waals surface area contributed by atoms with E-state index in [1.54, 1.807) is 12.4 Å². The lowest BCUT2D eigenvalue weighted by molar-refractivity contribution is 0.111. The third kappa shape index (κ3) is 3.81. The highest BCUT2D eigenvalue weighted by Gasteiger charge is 2.40. The van der Waals surface area contributed by atoms with Gasteiger partial charge >= 0.3 is 0 Å². The summed E-state index contributed by atoms with van der Waals surface area (Å²) in [6.07, 6.45) is 3.51. The molecule has 168 valence electrons. The Bertz CT molecular complexity index is 1340. The minimum Gasteiger partial charge on any atom is -0.373 e. The largest absolute Gasteiger partial charge is 0.373 e. The summed E-state index contributed by atoms with van der Waals surface area (Å²) in [7, 11) is 0. The maximum absolute atomic E-state index is 12.5. The molecule has 0 atom stereocenters. The van der Waals surface area contributed by atoms with E-state index in [0.29, 0.717) is 17.4 Å². The van der Waals surface area contributed by atoms with E-state index in [0.717, 1.165) is 33.6 Å². The maximum atomic E-state index is 12.5. The third-order valence-electron chi connectivity index (χ3n) is 6.06. The van der Waals surface area contributed by atoms with Gasteiger partial charge in [-0.1, -0.05) is 84.4 Å². The zero-order valence-corrected chi connectivity index (χ0v) is 19.5. The molecule has 0 radical (unpaired) electrons. The number of pyridine rings is 1. The molecule has 0 spiro atoms. The zero-order chi connectivity index (χ0) is 23.5. The van der Waals surface area contributed by atoms with Gasteiger partial charge in [0.2, 0.25) is 0 Å². The highest BCUT2D eigenvalue weighted by atomic mass is 35.5. The van der Waals surface area contributed by atoms with Crippen LogP contribution in [0, 0.1) is 0 Å². The molecule has 0 amide bonds. The van der Waals surface area contributed by atoms with E-state index in [2.05, 4.69) is 16.5 Å². The minimum absolute atomic E-state index is 0.559. The Morgan fingerprint density at radius 1 is 0.765 bits per heavy atom. The molecule has 4 nitrogen and oxygen atoms in total. The number of halogens is 1. The molecule has 5 aromatic rings. The fourth-order valence-electron chi connectivity index (χ4n) is 4.43. The van der Waals surface area contributed by atoms with Gasteiger partial charge in [-0.25, -0.2) is 4.98 Å². The lowest BCUT2D eigenvalue weighted by atomic mass is 9.85. The normalized spacial score (nSPS) is 11.5. The fraction of sp³-hybridized carbons (Fsp3) is 0.103. The molecule has 0 unspecified atom stereocenters. The van der Waals surface area contributed by atoms with Crippen LogP contribution >= 0.6 is 11.6 Å². The van der Waals surface area contributed by atoms with Crippen LogP contribution in [0.15, 0.2) is 109 Å². The van der Waals surface area contributed by atoms with Gasteiger partial charge in [-0.2, -0.15) is 0 Å². The Morgan fingerprint density at radius 2 is 1.32 bits per heavy atom. The first kappa shape index (κ1) is 22.1. The van der Waals surface area contributed by atoms with Crippen molar-refractivity contribution >= 4 is 11.6 Å². The number of aromatic nitrogens is 3. The lowest BCUT2D eigenvalue weighted by Gasteiger charge is -2.29. The first-order valence-electron chi connectivity index (χ1n) is 11.2. The Morgan fingerprint density at radius 3 is 1.85 bits per heavy atom. The Hall–Kier alpha value is -3.73. The third-order valence-corrected chi connectivity index (χ3v) is 6.31. The molecular weight excluding hydrogens is 442 g/mol. The van der Waals surface area contributed by atoms with Crippen molar-refractivity contribution < 1.29 is 5.11 Å². The van der Waals surface area contributed by atoms with E-state index in [1.807, 2.05) is 97.1 Å². The molecule has 2 heterocycles. The van der Waals surface area contributed by atoms with Crippen molar-refractivity contribution in [1.82, 2.24) is 14.5 Å². The summed E-state index contributed by atoms with van der Waals surface area (Å²) in [5, 5.41) is 13.2. The van der Waals surface area contributed by atoms with E-state index < -0.39 is 5.60 Å². The predicted octanol–water partition coefficient (Wildman–Crippen LogP) is 6.57. The van der Waals surface area contributed by atoms with E-state index in [9.17, 15) is 5.11 Å². The van der Waals surface area contributed by atoms with Gasteiger partial charge in [0.25, 0.3) is 0 Å². The molecule has 34 heavy (non-hydrogen) atoms. The number of aliphatic hydroxyl groups is 1. The molecular formula is C29H24ClN3O. The second-order valence-corrected chi connectivity index (χ2v) is 8.50. The zero-order valence-electron chi connectivity index (χ0n) is 18.8. The molecule has 0 saturated heterocycles. The summed E-state index contributed by atoms with van der Waals surface area (Å²) < 4.78 is 2.10. The molecule has 0 fully saturated rings. The van der Waals surface area contributed by atoms with Crippen LogP contribution in [-0.4, -0.2) is 19.6 Å².